The lowest BCUT2D eigenvalue weighted by molar-refractivity contribution is 0.178. The number of ether oxygens (including phenoxy) is 1. The van der Waals surface area contributed by atoms with Crippen molar-refractivity contribution in [1.29, 1.82) is 0 Å². The van der Waals surface area contributed by atoms with Gasteiger partial charge in [-0.3, -0.25) is 0 Å². The summed E-state index contributed by atoms with van der Waals surface area (Å²) in [7, 11) is 1.43. The number of aromatic nitrogens is 2. The molecule has 2 N–H and O–H groups in total. The van der Waals surface area contributed by atoms with Crippen molar-refractivity contribution in [2.75, 3.05) is 12.8 Å². The molecule has 0 saturated heterocycles. The van der Waals surface area contributed by atoms with Gasteiger partial charge < -0.3 is 10.5 Å². The smallest absolute Gasteiger partial charge is 0.161 e. The number of nitrogens with zero attached hydrogens (tertiary/aromatic N) is 2. The minimum Gasteiger partial charge on any atom is -0.384 e. The largest absolute Gasteiger partial charge is 0.384 e. The van der Waals surface area contributed by atoms with Crippen LogP contribution in [0.5, 0.6) is 0 Å². The molecule has 0 fully saturated rings. The molecule has 0 aliphatic heterocycles. The second-order valence-electron chi connectivity index (χ2n) is 3.77. The van der Waals surface area contributed by atoms with Crippen LogP contribution in [0.15, 0.2) is 18.2 Å². The van der Waals surface area contributed by atoms with Crippen LogP contribution in [0.25, 0.3) is 11.3 Å². The molecular weight excluding hydrogens is 259 g/mol. The van der Waals surface area contributed by atoms with Crippen molar-refractivity contribution >= 4 is 5.82 Å². The van der Waals surface area contributed by atoms with Crippen molar-refractivity contribution in [1.82, 2.24) is 9.97 Å². The first-order chi connectivity index (χ1) is 9.01. The van der Waals surface area contributed by atoms with Gasteiger partial charge in [-0.25, -0.2) is 23.1 Å². The van der Waals surface area contributed by atoms with Crippen molar-refractivity contribution < 1.29 is 17.9 Å². The fraction of sp³-hybridized carbons (Fsp3) is 0.167. The summed E-state index contributed by atoms with van der Waals surface area (Å²) in [5.41, 5.74) is 5.42. The summed E-state index contributed by atoms with van der Waals surface area (Å²) in [5.74, 6) is -3.05. The highest BCUT2D eigenvalue weighted by atomic mass is 19.2. The Kier molecular flexibility index (Phi) is 3.66. The van der Waals surface area contributed by atoms with Crippen molar-refractivity contribution in [3.05, 3.63) is 41.5 Å². The molecule has 1 heterocycles. The molecule has 0 atom stereocenters. The van der Waals surface area contributed by atoms with E-state index in [2.05, 4.69) is 9.97 Å². The molecule has 0 saturated carbocycles. The molecule has 0 aliphatic carbocycles. The van der Waals surface area contributed by atoms with Crippen LogP contribution < -0.4 is 5.73 Å². The number of hydrogen-bond acceptors (Lipinski definition) is 4. The van der Waals surface area contributed by atoms with Crippen molar-refractivity contribution in [2.45, 2.75) is 6.61 Å². The normalized spacial score (nSPS) is 10.7. The van der Waals surface area contributed by atoms with Gasteiger partial charge in [0.25, 0.3) is 0 Å². The van der Waals surface area contributed by atoms with Crippen LogP contribution in [0, 0.1) is 17.5 Å². The summed E-state index contributed by atoms with van der Waals surface area (Å²) < 4.78 is 44.5. The van der Waals surface area contributed by atoms with Gasteiger partial charge in [-0.05, 0) is 6.07 Å². The van der Waals surface area contributed by atoms with E-state index in [1.165, 1.54) is 13.2 Å². The van der Waals surface area contributed by atoms with Gasteiger partial charge in [-0.1, -0.05) is 0 Å². The lowest BCUT2D eigenvalue weighted by atomic mass is 10.1. The molecule has 100 valence electrons. The molecule has 0 bridgehead atoms. The average Bonchev–Trinajstić information content (AvgIpc) is 2.33. The summed E-state index contributed by atoms with van der Waals surface area (Å²) in [5, 5.41) is 0. The zero-order valence-corrected chi connectivity index (χ0v) is 9.95. The zero-order valence-electron chi connectivity index (χ0n) is 9.95. The highest BCUT2D eigenvalue weighted by Crippen LogP contribution is 2.24. The Labute approximate surface area is 107 Å². The molecule has 19 heavy (non-hydrogen) atoms. The van der Waals surface area contributed by atoms with Crippen LogP contribution in [-0.4, -0.2) is 17.1 Å². The molecule has 1 aromatic carbocycles. The zero-order chi connectivity index (χ0) is 14.0. The molecule has 0 radical (unpaired) electrons. The molecular formula is C12H10F3N3O. The van der Waals surface area contributed by atoms with Gasteiger partial charge in [0, 0.05) is 24.8 Å². The minimum atomic E-state index is -1.26. The molecule has 0 amide bonds. The Morgan fingerprint density at radius 2 is 1.74 bits per heavy atom. The second-order valence-corrected chi connectivity index (χ2v) is 3.77. The van der Waals surface area contributed by atoms with Gasteiger partial charge in [0.2, 0.25) is 0 Å². The third kappa shape index (κ3) is 2.82. The predicted molar refractivity (Wildman–Crippen MR) is 62.5 cm³/mol. The third-order valence-corrected chi connectivity index (χ3v) is 2.35. The van der Waals surface area contributed by atoms with Gasteiger partial charge in [0.15, 0.2) is 17.5 Å². The van der Waals surface area contributed by atoms with Crippen molar-refractivity contribution in [2.24, 2.45) is 0 Å². The number of anilines is 1. The van der Waals surface area contributed by atoms with Crippen LogP contribution in [-0.2, 0) is 11.3 Å². The Morgan fingerprint density at radius 1 is 1.05 bits per heavy atom. The van der Waals surface area contributed by atoms with E-state index in [9.17, 15) is 13.2 Å². The van der Waals surface area contributed by atoms with Gasteiger partial charge in [-0.2, -0.15) is 0 Å². The van der Waals surface area contributed by atoms with E-state index in [0.29, 0.717) is 6.07 Å². The number of hydrogen-bond donors (Lipinski definition) is 1. The summed E-state index contributed by atoms with van der Waals surface area (Å²) in [6.07, 6.45) is 0. The quantitative estimate of drug-likeness (QED) is 0.868. The number of rotatable bonds is 3. The lowest BCUT2D eigenvalue weighted by Gasteiger charge is -2.07. The summed E-state index contributed by atoms with van der Waals surface area (Å²) >= 11 is 0. The van der Waals surface area contributed by atoms with E-state index in [4.69, 9.17) is 10.5 Å². The molecule has 0 aliphatic rings. The van der Waals surface area contributed by atoms with Gasteiger partial charge in [-0.15, -0.1) is 0 Å². The van der Waals surface area contributed by atoms with E-state index in [0.717, 1.165) is 6.07 Å². The molecule has 7 heteroatoms. The van der Waals surface area contributed by atoms with E-state index in [1.54, 1.807) is 0 Å². The molecule has 1 aromatic heterocycles. The number of benzene rings is 1. The fourth-order valence-electron chi connectivity index (χ4n) is 1.57. The van der Waals surface area contributed by atoms with Crippen LogP contribution in [0.1, 0.15) is 5.82 Å². The van der Waals surface area contributed by atoms with Crippen molar-refractivity contribution in [3.8, 4) is 11.3 Å². The topological polar surface area (TPSA) is 61.0 Å². The monoisotopic (exact) mass is 269 g/mol. The molecule has 4 nitrogen and oxygen atoms in total. The third-order valence-electron chi connectivity index (χ3n) is 2.35. The summed E-state index contributed by atoms with van der Waals surface area (Å²) in [6.45, 7) is 0.0728. The van der Waals surface area contributed by atoms with Gasteiger partial charge in [0.1, 0.15) is 18.2 Å². The number of nitrogens with two attached hydrogens (primary N) is 1. The van der Waals surface area contributed by atoms with Gasteiger partial charge >= 0.3 is 0 Å². The Hall–Kier alpha value is -2.15. The van der Waals surface area contributed by atoms with Crippen LogP contribution in [0.4, 0.5) is 19.0 Å². The fourth-order valence-corrected chi connectivity index (χ4v) is 1.57. The maximum atomic E-state index is 13.6. The Balaban J connectivity index is 2.55. The van der Waals surface area contributed by atoms with Crippen LogP contribution >= 0.6 is 0 Å². The maximum absolute atomic E-state index is 13.6. The maximum Gasteiger partial charge on any atom is 0.161 e. The SMILES string of the molecule is COCc1nc(N)cc(-c2cc(F)c(F)cc2F)n1. The van der Waals surface area contributed by atoms with E-state index < -0.39 is 17.5 Å². The average molecular weight is 269 g/mol. The summed E-state index contributed by atoms with van der Waals surface area (Å²) in [6, 6.07) is 2.46. The standard InChI is InChI=1S/C12H10F3N3O/c1-19-5-12-17-10(4-11(16)18-12)6-2-8(14)9(15)3-7(6)13/h2-4H,5H2,1H3,(H2,16,17,18). The van der Waals surface area contributed by atoms with E-state index in [-0.39, 0.29) is 29.5 Å². The summed E-state index contributed by atoms with van der Waals surface area (Å²) in [4.78, 5) is 7.85. The van der Waals surface area contributed by atoms with E-state index in [1.807, 2.05) is 0 Å². The van der Waals surface area contributed by atoms with Crippen LogP contribution in [0.3, 0.4) is 0 Å². The Bertz CT molecular complexity index is 619. The number of nitrogen functional groups attached to an aromatic ring is 1. The molecule has 2 aromatic rings. The molecule has 0 unspecified atom stereocenters. The predicted octanol–water partition coefficient (Wildman–Crippen LogP) is 2.29. The lowest BCUT2D eigenvalue weighted by Crippen LogP contribution is -2.03. The first-order valence-corrected chi connectivity index (χ1v) is 5.28. The highest BCUT2D eigenvalue weighted by molar-refractivity contribution is 5.62. The van der Waals surface area contributed by atoms with Crippen molar-refractivity contribution in [3.63, 3.8) is 0 Å². The van der Waals surface area contributed by atoms with E-state index >= 15 is 0 Å². The minimum absolute atomic E-state index is 0.0657. The first-order valence-electron chi connectivity index (χ1n) is 5.28. The molecule has 0 spiro atoms. The van der Waals surface area contributed by atoms with Gasteiger partial charge in [0.05, 0.1) is 5.69 Å². The number of halogens is 3. The first kappa shape index (κ1) is 13.3. The van der Waals surface area contributed by atoms with Crippen LogP contribution in [0.2, 0.25) is 0 Å². The molecule has 2 rings (SSSR count). The highest BCUT2D eigenvalue weighted by Gasteiger charge is 2.14. The second kappa shape index (κ2) is 5.23. The Morgan fingerprint density at radius 3 is 2.42 bits per heavy atom. The number of methoxy groups -OCH3 is 1.